The molecule has 3 saturated heterocycles. The molecule has 0 saturated carbocycles. The molecule has 3 fully saturated rings. The van der Waals surface area contributed by atoms with E-state index in [1.165, 1.54) is 16.5 Å². The van der Waals surface area contributed by atoms with Crippen molar-refractivity contribution in [1.82, 2.24) is 19.9 Å². The van der Waals surface area contributed by atoms with E-state index in [0.717, 1.165) is 68.0 Å². The first-order valence-electron chi connectivity index (χ1n) is 12.9. The first-order chi connectivity index (χ1) is 18.0. The van der Waals surface area contributed by atoms with Gasteiger partial charge in [-0.05, 0) is 55.4 Å². The maximum Gasteiger partial charge on any atom is 0.228 e. The summed E-state index contributed by atoms with van der Waals surface area (Å²) in [5.41, 5.74) is 3.18. The molecular formula is C27H29F2N5O3. The van der Waals surface area contributed by atoms with Crippen molar-refractivity contribution in [3.8, 4) is 0 Å². The van der Waals surface area contributed by atoms with E-state index in [2.05, 4.69) is 9.97 Å². The molecule has 5 heterocycles. The fourth-order valence-electron chi connectivity index (χ4n) is 5.90. The minimum absolute atomic E-state index is 0.0555. The molecule has 37 heavy (non-hydrogen) atoms. The highest BCUT2D eigenvalue weighted by atomic mass is 19.2. The molecule has 6 rings (SSSR count). The van der Waals surface area contributed by atoms with Gasteiger partial charge < -0.3 is 19.5 Å². The van der Waals surface area contributed by atoms with Crippen molar-refractivity contribution in [3.05, 3.63) is 53.5 Å². The van der Waals surface area contributed by atoms with Crippen molar-refractivity contribution in [2.24, 2.45) is 5.92 Å². The highest BCUT2D eigenvalue weighted by molar-refractivity contribution is 6.00. The van der Waals surface area contributed by atoms with E-state index in [0.29, 0.717) is 19.0 Å². The van der Waals surface area contributed by atoms with Crippen molar-refractivity contribution in [2.75, 3.05) is 37.7 Å². The number of hydrogen-bond acceptors (Lipinski definition) is 5. The van der Waals surface area contributed by atoms with E-state index in [-0.39, 0.29) is 36.4 Å². The van der Waals surface area contributed by atoms with Crippen molar-refractivity contribution in [2.45, 2.75) is 43.9 Å². The third-order valence-corrected chi connectivity index (χ3v) is 7.99. The number of piperidine rings is 1. The number of carbonyl (C=O) groups excluding carboxylic acids is 2. The molecule has 2 aromatic heterocycles. The number of likely N-dealkylation sites (tertiary alicyclic amines) is 1. The number of benzene rings is 1. The molecule has 3 aliphatic rings. The number of hydrogen-bond donors (Lipinski definition) is 1. The first kappa shape index (κ1) is 24.0. The van der Waals surface area contributed by atoms with Crippen LogP contribution in [0.3, 0.4) is 0 Å². The van der Waals surface area contributed by atoms with Gasteiger partial charge in [-0.15, -0.1) is 0 Å². The summed E-state index contributed by atoms with van der Waals surface area (Å²) in [7, 11) is 0. The van der Waals surface area contributed by atoms with Crippen LogP contribution in [0.25, 0.3) is 11.2 Å². The Hall–Kier alpha value is -3.40. The van der Waals surface area contributed by atoms with E-state index >= 15 is 0 Å². The van der Waals surface area contributed by atoms with Gasteiger partial charge in [0.1, 0.15) is 5.82 Å². The number of imidazole rings is 1. The molecule has 1 aromatic carbocycles. The Morgan fingerprint density at radius 3 is 2.57 bits per heavy atom. The van der Waals surface area contributed by atoms with Crippen LogP contribution >= 0.6 is 0 Å². The van der Waals surface area contributed by atoms with Crippen LogP contribution in [0, 0.1) is 17.6 Å². The molecule has 0 aliphatic carbocycles. The molecule has 1 N–H and O–H groups in total. The summed E-state index contributed by atoms with van der Waals surface area (Å²) in [5, 5.41) is 0. The van der Waals surface area contributed by atoms with Crippen LogP contribution in [0.1, 0.15) is 55.3 Å². The number of pyridine rings is 1. The molecule has 3 aliphatic heterocycles. The van der Waals surface area contributed by atoms with Gasteiger partial charge in [0.15, 0.2) is 17.3 Å². The Kier molecular flexibility index (Phi) is 6.36. The third kappa shape index (κ3) is 4.58. The smallest absolute Gasteiger partial charge is 0.228 e. The molecular weight excluding hydrogens is 480 g/mol. The van der Waals surface area contributed by atoms with Gasteiger partial charge in [0.05, 0.1) is 11.4 Å². The Morgan fingerprint density at radius 1 is 1.03 bits per heavy atom. The number of aromatic nitrogens is 3. The summed E-state index contributed by atoms with van der Waals surface area (Å²) in [6, 6.07) is 5.42. The van der Waals surface area contributed by atoms with Crippen LogP contribution in [-0.2, 0) is 14.3 Å². The minimum Gasteiger partial charge on any atom is -0.381 e. The summed E-state index contributed by atoms with van der Waals surface area (Å²) in [6.07, 6.45) is 5.40. The van der Waals surface area contributed by atoms with Crippen molar-refractivity contribution >= 4 is 28.7 Å². The Morgan fingerprint density at radius 2 is 1.81 bits per heavy atom. The van der Waals surface area contributed by atoms with E-state index < -0.39 is 17.6 Å². The largest absolute Gasteiger partial charge is 0.381 e. The number of carbonyl (C=O) groups is 2. The molecule has 0 radical (unpaired) electrons. The normalized spacial score (nSPS) is 21.8. The maximum absolute atomic E-state index is 13.7. The van der Waals surface area contributed by atoms with Crippen molar-refractivity contribution in [3.63, 3.8) is 0 Å². The van der Waals surface area contributed by atoms with Gasteiger partial charge in [-0.3, -0.25) is 9.59 Å². The Labute approximate surface area is 213 Å². The monoisotopic (exact) mass is 509 g/mol. The number of nitrogens with one attached hydrogen (secondary N) is 1. The molecule has 8 nitrogen and oxygen atoms in total. The second-order valence-electron chi connectivity index (χ2n) is 10.2. The van der Waals surface area contributed by atoms with Crippen LogP contribution in [0.2, 0.25) is 0 Å². The summed E-state index contributed by atoms with van der Waals surface area (Å²) >= 11 is 0. The SMILES string of the molecule is O=C(C1CC(=O)N(c2ccc(F)c(F)c2)C1)N1CCC(c2ccnc3nc(C4CCOCC4)[nH]c23)CC1. The molecule has 194 valence electrons. The Bertz CT molecular complexity index is 1330. The lowest BCUT2D eigenvalue weighted by Gasteiger charge is -2.33. The van der Waals surface area contributed by atoms with Crippen LogP contribution in [-0.4, -0.2) is 64.5 Å². The Balaban J connectivity index is 1.11. The fraction of sp³-hybridized carbons (Fsp3) is 0.481. The third-order valence-electron chi connectivity index (χ3n) is 7.99. The molecule has 2 amide bonds. The number of anilines is 1. The standard InChI is InChI=1S/C27H29F2N5O3/c28-21-2-1-19(14-22(21)29)34-15-18(13-23(34)35)27(36)33-9-4-16(5-10-33)20-3-8-30-26-24(20)31-25(32-26)17-6-11-37-12-7-17/h1-3,8,14,16-18H,4-7,9-13,15H2,(H,30,31,32). The van der Waals surface area contributed by atoms with E-state index in [9.17, 15) is 18.4 Å². The summed E-state index contributed by atoms with van der Waals surface area (Å²) in [4.78, 5) is 41.8. The predicted octanol–water partition coefficient (Wildman–Crippen LogP) is 3.89. The average molecular weight is 510 g/mol. The van der Waals surface area contributed by atoms with Crippen molar-refractivity contribution in [1.29, 1.82) is 0 Å². The van der Waals surface area contributed by atoms with E-state index in [1.54, 1.807) is 6.20 Å². The van der Waals surface area contributed by atoms with Gasteiger partial charge in [0.2, 0.25) is 11.8 Å². The lowest BCUT2D eigenvalue weighted by molar-refractivity contribution is -0.136. The number of H-pyrrole nitrogens is 1. The highest BCUT2D eigenvalue weighted by Gasteiger charge is 2.38. The summed E-state index contributed by atoms with van der Waals surface area (Å²) < 4.78 is 32.5. The zero-order valence-electron chi connectivity index (χ0n) is 20.5. The second-order valence-corrected chi connectivity index (χ2v) is 10.2. The average Bonchev–Trinajstić information content (AvgIpc) is 3.54. The second kappa shape index (κ2) is 9.81. The van der Waals surface area contributed by atoms with Gasteiger partial charge in [-0.25, -0.2) is 18.7 Å². The van der Waals surface area contributed by atoms with Gasteiger partial charge in [0, 0.05) is 63.1 Å². The maximum atomic E-state index is 13.7. The lowest BCUT2D eigenvalue weighted by atomic mass is 9.88. The van der Waals surface area contributed by atoms with Gasteiger partial charge in [-0.2, -0.15) is 0 Å². The number of halogens is 2. The molecule has 0 bridgehead atoms. The van der Waals surface area contributed by atoms with Crippen molar-refractivity contribution < 1.29 is 23.1 Å². The van der Waals surface area contributed by atoms with Crippen LogP contribution < -0.4 is 4.90 Å². The van der Waals surface area contributed by atoms with E-state index in [1.807, 2.05) is 11.0 Å². The summed E-state index contributed by atoms with van der Waals surface area (Å²) in [5.74, 6) is -1.16. The van der Waals surface area contributed by atoms with Gasteiger partial charge >= 0.3 is 0 Å². The number of rotatable bonds is 4. The predicted molar refractivity (Wildman–Crippen MR) is 132 cm³/mol. The van der Waals surface area contributed by atoms with Crippen LogP contribution in [0.4, 0.5) is 14.5 Å². The zero-order chi connectivity index (χ0) is 25.5. The van der Waals surface area contributed by atoms with E-state index in [4.69, 9.17) is 9.72 Å². The molecule has 1 unspecified atom stereocenters. The quantitative estimate of drug-likeness (QED) is 0.576. The number of aromatic amines is 1. The number of ether oxygens (including phenoxy) is 1. The molecule has 0 spiro atoms. The summed E-state index contributed by atoms with van der Waals surface area (Å²) in [6.45, 7) is 2.88. The number of fused-ring (bicyclic) bond motifs is 1. The minimum atomic E-state index is -1.01. The zero-order valence-corrected chi connectivity index (χ0v) is 20.5. The highest BCUT2D eigenvalue weighted by Crippen LogP contribution is 2.35. The lowest BCUT2D eigenvalue weighted by Crippen LogP contribution is -2.42. The van der Waals surface area contributed by atoms with Gasteiger partial charge in [0.25, 0.3) is 0 Å². The number of nitrogens with zero attached hydrogens (tertiary/aromatic N) is 4. The van der Waals surface area contributed by atoms with Crippen LogP contribution in [0.15, 0.2) is 30.5 Å². The first-order valence-corrected chi connectivity index (χ1v) is 12.9. The molecule has 1 atom stereocenters. The van der Waals surface area contributed by atoms with Gasteiger partial charge in [-0.1, -0.05) is 0 Å². The van der Waals surface area contributed by atoms with Crippen LogP contribution in [0.5, 0.6) is 0 Å². The number of amides is 2. The topological polar surface area (TPSA) is 91.4 Å². The molecule has 3 aromatic rings. The molecule has 10 heteroatoms. The fourth-order valence-corrected chi connectivity index (χ4v) is 5.90.